The maximum Gasteiger partial charge on any atom is 0.273 e. The van der Waals surface area contributed by atoms with E-state index >= 15 is 0 Å². The summed E-state index contributed by atoms with van der Waals surface area (Å²) in [4.78, 5) is 15.0. The molecule has 2 aromatic carbocycles. The number of aromatic amines is 1. The summed E-state index contributed by atoms with van der Waals surface area (Å²) >= 11 is 0. The van der Waals surface area contributed by atoms with Gasteiger partial charge in [0, 0.05) is 11.9 Å². The van der Waals surface area contributed by atoms with Crippen LogP contribution in [0.5, 0.6) is 5.75 Å². The molecule has 0 spiro atoms. The van der Waals surface area contributed by atoms with Crippen LogP contribution < -0.4 is 10.2 Å². The van der Waals surface area contributed by atoms with Crippen LogP contribution in [0.3, 0.4) is 0 Å². The summed E-state index contributed by atoms with van der Waals surface area (Å²) in [6, 6.07) is 21.8. The Hall–Kier alpha value is -3.60. The third-order valence-electron chi connectivity index (χ3n) is 4.11. The largest absolute Gasteiger partial charge is 0.487 e. The smallest absolute Gasteiger partial charge is 0.273 e. The minimum atomic E-state index is -0.224. The van der Waals surface area contributed by atoms with Crippen molar-refractivity contribution in [1.82, 2.24) is 10.4 Å². The molecule has 4 rings (SSSR count). The van der Waals surface area contributed by atoms with Gasteiger partial charge in [-0.2, -0.15) is 5.10 Å². The molecular formula is C21H17N3O2. The highest BCUT2D eigenvalue weighted by molar-refractivity contribution is 6.28. The second-order valence-electron chi connectivity index (χ2n) is 5.86. The Labute approximate surface area is 151 Å². The van der Waals surface area contributed by atoms with Gasteiger partial charge in [-0.1, -0.05) is 42.5 Å². The van der Waals surface area contributed by atoms with Crippen LogP contribution in [-0.4, -0.2) is 23.2 Å². The summed E-state index contributed by atoms with van der Waals surface area (Å²) in [5, 5.41) is 4.07. The van der Waals surface area contributed by atoms with E-state index in [1.165, 1.54) is 0 Å². The number of hydrogen-bond acceptors (Lipinski definition) is 3. The molecule has 2 heterocycles. The third-order valence-corrected chi connectivity index (χ3v) is 4.11. The van der Waals surface area contributed by atoms with Crippen LogP contribution in [-0.2, 0) is 4.79 Å². The van der Waals surface area contributed by atoms with Gasteiger partial charge in [0.25, 0.3) is 5.91 Å². The molecule has 3 aromatic rings. The van der Waals surface area contributed by atoms with Crippen molar-refractivity contribution in [2.45, 2.75) is 0 Å². The van der Waals surface area contributed by atoms with E-state index in [-0.39, 0.29) is 12.5 Å². The Morgan fingerprint density at radius 2 is 1.69 bits per heavy atom. The Kier molecular flexibility index (Phi) is 4.35. The summed E-state index contributed by atoms with van der Waals surface area (Å²) in [7, 11) is 0. The minimum absolute atomic E-state index is 0.218. The number of ether oxygens (including phenoxy) is 1. The zero-order valence-corrected chi connectivity index (χ0v) is 14.0. The van der Waals surface area contributed by atoms with Crippen LogP contribution in [0.25, 0.3) is 17.2 Å². The SMILES string of the molecule is O=C1NN=C(COc2ccc(-c3ccccc3)cc2)/C1=C\c1ccc[nH]1. The van der Waals surface area contributed by atoms with Crippen molar-refractivity contribution in [1.29, 1.82) is 0 Å². The van der Waals surface area contributed by atoms with Crippen molar-refractivity contribution < 1.29 is 9.53 Å². The summed E-state index contributed by atoms with van der Waals surface area (Å²) in [5.74, 6) is 0.503. The van der Waals surface area contributed by atoms with E-state index in [4.69, 9.17) is 4.74 Å². The third kappa shape index (κ3) is 3.42. The average molecular weight is 343 g/mol. The fraction of sp³-hybridized carbons (Fsp3) is 0.0476. The van der Waals surface area contributed by atoms with Gasteiger partial charge >= 0.3 is 0 Å². The van der Waals surface area contributed by atoms with Gasteiger partial charge in [0.1, 0.15) is 18.1 Å². The van der Waals surface area contributed by atoms with Gasteiger partial charge in [0.15, 0.2) is 0 Å². The van der Waals surface area contributed by atoms with Crippen molar-refractivity contribution in [3.8, 4) is 16.9 Å². The maximum atomic E-state index is 12.0. The molecule has 1 aromatic heterocycles. The Morgan fingerprint density at radius 3 is 2.42 bits per heavy atom. The van der Waals surface area contributed by atoms with Gasteiger partial charge < -0.3 is 9.72 Å². The number of nitrogens with zero attached hydrogens (tertiary/aromatic N) is 1. The lowest BCUT2D eigenvalue weighted by Crippen LogP contribution is -2.16. The zero-order chi connectivity index (χ0) is 17.8. The van der Waals surface area contributed by atoms with Gasteiger partial charge in [-0.15, -0.1) is 0 Å². The molecular weight excluding hydrogens is 326 g/mol. The lowest BCUT2D eigenvalue weighted by molar-refractivity contribution is -0.116. The second kappa shape index (κ2) is 7.11. The molecule has 128 valence electrons. The molecule has 0 unspecified atom stereocenters. The fourth-order valence-electron chi connectivity index (χ4n) is 2.74. The van der Waals surface area contributed by atoms with E-state index in [1.54, 1.807) is 12.3 Å². The van der Waals surface area contributed by atoms with E-state index in [9.17, 15) is 4.79 Å². The van der Waals surface area contributed by atoms with E-state index in [2.05, 4.69) is 27.6 Å². The van der Waals surface area contributed by atoms with E-state index in [0.29, 0.717) is 11.3 Å². The molecule has 1 amide bonds. The minimum Gasteiger partial charge on any atom is -0.487 e. The number of aromatic nitrogens is 1. The predicted molar refractivity (Wildman–Crippen MR) is 102 cm³/mol. The first-order chi connectivity index (χ1) is 12.8. The first-order valence-electron chi connectivity index (χ1n) is 8.30. The topological polar surface area (TPSA) is 66.5 Å². The molecule has 0 saturated carbocycles. The normalized spacial score (nSPS) is 15.0. The lowest BCUT2D eigenvalue weighted by atomic mass is 10.1. The van der Waals surface area contributed by atoms with E-state index < -0.39 is 0 Å². The molecule has 1 aliphatic heterocycles. The number of carbonyl (C=O) groups is 1. The number of H-pyrrole nitrogens is 1. The van der Waals surface area contributed by atoms with Crippen molar-refractivity contribution in [3.05, 3.63) is 84.2 Å². The van der Waals surface area contributed by atoms with E-state index in [1.807, 2.05) is 54.6 Å². The molecule has 0 aliphatic carbocycles. The van der Waals surface area contributed by atoms with Crippen molar-refractivity contribution >= 4 is 17.7 Å². The van der Waals surface area contributed by atoms with Gasteiger partial charge in [-0.05, 0) is 41.5 Å². The monoisotopic (exact) mass is 343 g/mol. The van der Waals surface area contributed by atoms with Crippen molar-refractivity contribution in [2.24, 2.45) is 5.10 Å². The highest BCUT2D eigenvalue weighted by Crippen LogP contribution is 2.22. The molecule has 0 bridgehead atoms. The molecule has 2 N–H and O–H groups in total. The summed E-state index contributed by atoms with van der Waals surface area (Å²) in [5.41, 5.74) is 6.70. The van der Waals surface area contributed by atoms with Crippen LogP contribution in [0.1, 0.15) is 5.69 Å². The summed E-state index contributed by atoms with van der Waals surface area (Å²) in [6.07, 6.45) is 3.57. The standard InChI is InChI=1S/C21H17N3O2/c25-21-19(13-17-7-4-12-22-17)20(23-24-21)14-26-18-10-8-16(9-11-18)15-5-2-1-3-6-15/h1-13,22H,14H2,(H,24,25)/b19-13+. The summed E-state index contributed by atoms with van der Waals surface area (Å²) < 4.78 is 5.80. The second-order valence-corrected chi connectivity index (χ2v) is 5.86. The first-order valence-corrected chi connectivity index (χ1v) is 8.30. The van der Waals surface area contributed by atoms with Crippen LogP contribution in [0, 0.1) is 0 Å². The molecule has 0 radical (unpaired) electrons. The number of amides is 1. The number of rotatable bonds is 5. The van der Waals surface area contributed by atoms with Crippen LogP contribution in [0.2, 0.25) is 0 Å². The Bertz CT molecular complexity index is 956. The molecule has 5 nitrogen and oxygen atoms in total. The van der Waals surface area contributed by atoms with Crippen molar-refractivity contribution in [2.75, 3.05) is 6.61 Å². The number of hydrogen-bond donors (Lipinski definition) is 2. The van der Waals surface area contributed by atoms with Crippen LogP contribution in [0.4, 0.5) is 0 Å². The molecule has 0 atom stereocenters. The van der Waals surface area contributed by atoms with Crippen LogP contribution in [0.15, 0.2) is 83.6 Å². The summed E-state index contributed by atoms with van der Waals surface area (Å²) in [6.45, 7) is 0.218. The first kappa shape index (κ1) is 15.9. The quantitative estimate of drug-likeness (QED) is 0.695. The highest BCUT2D eigenvalue weighted by Gasteiger charge is 2.23. The Morgan fingerprint density at radius 1 is 0.923 bits per heavy atom. The lowest BCUT2D eigenvalue weighted by Gasteiger charge is -2.07. The molecule has 26 heavy (non-hydrogen) atoms. The number of carbonyl (C=O) groups excluding carboxylic acids is 1. The fourth-order valence-corrected chi connectivity index (χ4v) is 2.74. The highest BCUT2D eigenvalue weighted by atomic mass is 16.5. The number of nitrogens with one attached hydrogen (secondary N) is 2. The van der Waals surface area contributed by atoms with Crippen LogP contribution >= 0.6 is 0 Å². The maximum absolute atomic E-state index is 12.0. The van der Waals surface area contributed by atoms with Gasteiger partial charge in [-0.3, -0.25) is 4.79 Å². The van der Waals surface area contributed by atoms with E-state index in [0.717, 1.165) is 22.6 Å². The number of hydrazone groups is 1. The van der Waals surface area contributed by atoms with Crippen molar-refractivity contribution in [3.63, 3.8) is 0 Å². The number of benzene rings is 2. The average Bonchev–Trinajstić information content (AvgIpc) is 3.32. The molecule has 0 fully saturated rings. The zero-order valence-electron chi connectivity index (χ0n) is 14.0. The molecule has 1 aliphatic rings. The van der Waals surface area contributed by atoms with Gasteiger partial charge in [0.05, 0.1) is 5.57 Å². The van der Waals surface area contributed by atoms with Gasteiger partial charge in [-0.25, -0.2) is 5.43 Å². The Balaban J connectivity index is 1.44. The predicted octanol–water partition coefficient (Wildman–Crippen LogP) is 3.63. The van der Waals surface area contributed by atoms with Gasteiger partial charge in [0.2, 0.25) is 0 Å². The molecule has 5 heteroatoms. The molecule has 0 saturated heterocycles.